The van der Waals surface area contributed by atoms with E-state index >= 15 is 0 Å². The first-order valence-electron chi connectivity index (χ1n) is 9.61. The molecule has 0 aliphatic heterocycles. The number of rotatable bonds is 5. The number of para-hydroxylation sites is 1. The minimum atomic E-state index is -0.486. The summed E-state index contributed by atoms with van der Waals surface area (Å²) in [5.41, 5.74) is 7.46. The zero-order chi connectivity index (χ0) is 19.1. The van der Waals surface area contributed by atoms with Gasteiger partial charge in [-0.15, -0.1) is 0 Å². The average molecular weight is 364 g/mol. The summed E-state index contributed by atoms with van der Waals surface area (Å²) in [6, 6.07) is 9.93. The summed E-state index contributed by atoms with van der Waals surface area (Å²) in [6.07, 6.45) is 2.15. The van der Waals surface area contributed by atoms with Crippen molar-refractivity contribution in [1.82, 2.24) is 19.6 Å². The van der Waals surface area contributed by atoms with E-state index in [0.29, 0.717) is 11.5 Å². The second-order valence-electron chi connectivity index (χ2n) is 7.23. The molecule has 0 saturated heterocycles. The lowest BCUT2D eigenvalue weighted by Crippen LogP contribution is -2.05. The summed E-state index contributed by atoms with van der Waals surface area (Å²) >= 11 is 0. The molecule has 0 unspecified atom stereocenters. The molecule has 4 rings (SSSR count). The van der Waals surface area contributed by atoms with Crippen LogP contribution in [0.3, 0.4) is 0 Å². The lowest BCUT2D eigenvalue weighted by molar-refractivity contribution is 0.487. The highest BCUT2D eigenvalue weighted by Crippen LogP contribution is 2.33. The largest absolute Gasteiger partial charge is 0.353 e. The molecule has 27 heavy (non-hydrogen) atoms. The van der Waals surface area contributed by atoms with Gasteiger partial charge in [-0.3, -0.25) is 0 Å². The SMILES string of the molecule is CCC(CC)c1cc(C)nn2c(-c3cc4cccc(CF)c4[nH]3)c(C)nc12. The topological polar surface area (TPSA) is 46.0 Å². The van der Waals surface area contributed by atoms with Gasteiger partial charge in [-0.2, -0.15) is 5.10 Å². The Bertz CT molecular complexity index is 1120. The van der Waals surface area contributed by atoms with Gasteiger partial charge in [0.2, 0.25) is 0 Å². The number of halogens is 1. The Morgan fingerprint density at radius 2 is 1.93 bits per heavy atom. The van der Waals surface area contributed by atoms with E-state index in [9.17, 15) is 4.39 Å². The van der Waals surface area contributed by atoms with E-state index < -0.39 is 6.67 Å². The van der Waals surface area contributed by atoms with E-state index in [1.165, 1.54) is 5.56 Å². The molecule has 0 saturated carbocycles. The molecule has 0 spiro atoms. The van der Waals surface area contributed by atoms with Crippen LogP contribution in [0.25, 0.3) is 27.9 Å². The molecule has 0 radical (unpaired) electrons. The highest BCUT2D eigenvalue weighted by Gasteiger charge is 2.20. The number of imidazole rings is 1. The highest BCUT2D eigenvalue weighted by molar-refractivity contribution is 5.88. The smallest absolute Gasteiger partial charge is 0.158 e. The molecule has 4 aromatic rings. The Kier molecular flexibility index (Phi) is 4.46. The lowest BCUT2D eigenvalue weighted by Gasteiger charge is -2.14. The fourth-order valence-corrected chi connectivity index (χ4v) is 4.07. The molecular formula is C22H25FN4. The quantitative estimate of drug-likeness (QED) is 0.481. The van der Waals surface area contributed by atoms with Crippen molar-refractivity contribution in [3.05, 3.63) is 52.8 Å². The Hall–Kier alpha value is -2.69. The zero-order valence-electron chi connectivity index (χ0n) is 16.3. The van der Waals surface area contributed by atoms with Crippen molar-refractivity contribution in [3.63, 3.8) is 0 Å². The Morgan fingerprint density at radius 1 is 1.15 bits per heavy atom. The maximum atomic E-state index is 13.4. The standard InChI is InChI=1S/C22H25FN4/c1-5-15(6-2)18-10-13(3)26-27-21(14(4)24-22(18)27)19-11-16-8-7-9-17(12-23)20(16)25-19/h7-11,15,25H,5-6,12H2,1-4H3. The number of hydrogen-bond acceptors (Lipinski definition) is 2. The van der Waals surface area contributed by atoms with E-state index in [0.717, 1.165) is 52.2 Å². The molecule has 4 nitrogen and oxygen atoms in total. The zero-order valence-corrected chi connectivity index (χ0v) is 16.3. The van der Waals surface area contributed by atoms with Gasteiger partial charge >= 0.3 is 0 Å². The van der Waals surface area contributed by atoms with Crippen molar-refractivity contribution in [1.29, 1.82) is 0 Å². The Morgan fingerprint density at radius 3 is 2.63 bits per heavy atom. The second kappa shape index (κ2) is 6.80. The van der Waals surface area contributed by atoms with Crippen LogP contribution in [0.4, 0.5) is 4.39 Å². The van der Waals surface area contributed by atoms with Gasteiger partial charge in [0.05, 0.1) is 22.6 Å². The van der Waals surface area contributed by atoms with Gasteiger partial charge in [0.15, 0.2) is 5.65 Å². The van der Waals surface area contributed by atoms with Crippen molar-refractivity contribution in [2.75, 3.05) is 0 Å². The Labute approximate surface area is 158 Å². The number of hydrogen-bond donors (Lipinski definition) is 1. The number of nitrogens with one attached hydrogen (secondary N) is 1. The Balaban J connectivity index is 1.99. The van der Waals surface area contributed by atoms with Crippen LogP contribution < -0.4 is 0 Å². The number of fused-ring (bicyclic) bond motifs is 2. The normalized spacial score (nSPS) is 11.9. The third-order valence-corrected chi connectivity index (χ3v) is 5.48. The lowest BCUT2D eigenvalue weighted by atomic mass is 9.95. The molecule has 0 aliphatic rings. The predicted octanol–water partition coefficient (Wildman–Crippen LogP) is 5.87. The average Bonchev–Trinajstić information content (AvgIpc) is 3.22. The summed E-state index contributed by atoms with van der Waals surface area (Å²) in [6.45, 7) is 7.98. The summed E-state index contributed by atoms with van der Waals surface area (Å²) in [7, 11) is 0. The molecule has 5 heteroatoms. The van der Waals surface area contributed by atoms with E-state index in [-0.39, 0.29) is 0 Å². The molecule has 3 heterocycles. The van der Waals surface area contributed by atoms with Crippen LogP contribution in [0.15, 0.2) is 30.3 Å². The van der Waals surface area contributed by atoms with Crippen molar-refractivity contribution in [2.24, 2.45) is 0 Å². The van der Waals surface area contributed by atoms with Gasteiger partial charge < -0.3 is 4.98 Å². The van der Waals surface area contributed by atoms with E-state index in [1.807, 2.05) is 36.6 Å². The van der Waals surface area contributed by atoms with Crippen LogP contribution in [0.1, 0.15) is 55.1 Å². The van der Waals surface area contributed by atoms with Gasteiger partial charge in [-0.25, -0.2) is 13.9 Å². The second-order valence-corrected chi connectivity index (χ2v) is 7.23. The van der Waals surface area contributed by atoms with Gasteiger partial charge in [-0.1, -0.05) is 32.0 Å². The van der Waals surface area contributed by atoms with Crippen LogP contribution in [-0.2, 0) is 6.67 Å². The third kappa shape index (κ3) is 2.82. The molecule has 0 atom stereocenters. The van der Waals surface area contributed by atoms with Crippen LogP contribution in [-0.4, -0.2) is 19.6 Å². The van der Waals surface area contributed by atoms with Crippen molar-refractivity contribution in [2.45, 2.75) is 53.1 Å². The van der Waals surface area contributed by atoms with Gasteiger partial charge in [-0.05, 0) is 44.7 Å². The molecule has 1 aromatic carbocycles. The van der Waals surface area contributed by atoms with Crippen molar-refractivity contribution < 1.29 is 4.39 Å². The molecule has 0 fully saturated rings. The maximum Gasteiger partial charge on any atom is 0.158 e. The summed E-state index contributed by atoms with van der Waals surface area (Å²) in [5, 5.41) is 5.76. The van der Waals surface area contributed by atoms with Crippen molar-refractivity contribution >= 4 is 16.6 Å². The predicted molar refractivity (Wildman–Crippen MR) is 108 cm³/mol. The maximum absolute atomic E-state index is 13.4. The number of alkyl halides is 1. The summed E-state index contributed by atoms with van der Waals surface area (Å²) in [4.78, 5) is 8.27. The number of aromatic nitrogens is 4. The fourth-order valence-electron chi connectivity index (χ4n) is 4.07. The minimum Gasteiger partial charge on any atom is -0.353 e. The number of H-pyrrole nitrogens is 1. The van der Waals surface area contributed by atoms with Gasteiger partial charge in [0.1, 0.15) is 12.4 Å². The molecule has 0 aliphatic carbocycles. The fraction of sp³-hybridized carbons (Fsp3) is 0.364. The first-order chi connectivity index (χ1) is 13.1. The number of benzene rings is 1. The van der Waals surface area contributed by atoms with Crippen LogP contribution in [0.5, 0.6) is 0 Å². The molecule has 1 N–H and O–H groups in total. The molecule has 0 amide bonds. The van der Waals surface area contributed by atoms with E-state index in [4.69, 9.17) is 10.1 Å². The summed E-state index contributed by atoms with van der Waals surface area (Å²) < 4.78 is 15.3. The highest BCUT2D eigenvalue weighted by atomic mass is 19.1. The third-order valence-electron chi connectivity index (χ3n) is 5.48. The van der Waals surface area contributed by atoms with Crippen molar-refractivity contribution in [3.8, 4) is 11.4 Å². The number of nitrogens with zero attached hydrogens (tertiary/aromatic N) is 3. The van der Waals surface area contributed by atoms with Crippen LogP contribution in [0, 0.1) is 13.8 Å². The molecule has 0 bridgehead atoms. The van der Waals surface area contributed by atoms with E-state index in [1.54, 1.807) is 0 Å². The van der Waals surface area contributed by atoms with Gasteiger partial charge in [0.25, 0.3) is 0 Å². The number of aromatic amines is 1. The minimum absolute atomic E-state index is 0.463. The monoisotopic (exact) mass is 364 g/mol. The number of aryl methyl sites for hydroxylation is 2. The van der Waals surface area contributed by atoms with Gasteiger partial charge in [0, 0.05) is 16.5 Å². The summed E-state index contributed by atoms with van der Waals surface area (Å²) in [5.74, 6) is 0.463. The molecule has 140 valence electrons. The first kappa shape index (κ1) is 17.7. The van der Waals surface area contributed by atoms with Crippen LogP contribution >= 0.6 is 0 Å². The molecule has 3 aromatic heterocycles. The van der Waals surface area contributed by atoms with E-state index in [2.05, 4.69) is 31.0 Å². The van der Waals surface area contributed by atoms with Crippen LogP contribution in [0.2, 0.25) is 0 Å². The molecular weight excluding hydrogens is 339 g/mol. The first-order valence-corrected chi connectivity index (χ1v) is 9.61.